The first-order valence-corrected chi connectivity index (χ1v) is 6.73. The van der Waals surface area contributed by atoms with E-state index in [4.69, 9.17) is 5.73 Å². The molecule has 18 heavy (non-hydrogen) atoms. The normalized spacial score (nSPS) is 36.5. The lowest BCUT2D eigenvalue weighted by atomic mass is 9.60. The van der Waals surface area contributed by atoms with Crippen LogP contribution in [0, 0.1) is 11.8 Å². The Hall–Kier alpha value is -1.35. The summed E-state index contributed by atoms with van der Waals surface area (Å²) in [6, 6.07) is 3.52. The Labute approximate surface area is 107 Å². The standard InChI is InChI=1S/C15H20N2O/c1-3-11-10-6-9(2)8-15(11,16)12-4-5-14(18)17-13(12)7-10/h3-5,9-10H,6-8,16H2,1-2H3,(H,17,18)/b11-3+/t9?,10-,15+/m1/s1. The van der Waals surface area contributed by atoms with E-state index >= 15 is 0 Å². The van der Waals surface area contributed by atoms with Crippen LogP contribution in [0.4, 0.5) is 0 Å². The maximum absolute atomic E-state index is 11.5. The second-order valence-electron chi connectivity index (χ2n) is 5.88. The summed E-state index contributed by atoms with van der Waals surface area (Å²) in [6.45, 7) is 4.36. The summed E-state index contributed by atoms with van der Waals surface area (Å²) in [5.41, 5.74) is 9.86. The van der Waals surface area contributed by atoms with Gasteiger partial charge in [0, 0.05) is 11.8 Å². The van der Waals surface area contributed by atoms with E-state index in [-0.39, 0.29) is 11.1 Å². The average Bonchev–Trinajstić information content (AvgIpc) is 2.26. The van der Waals surface area contributed by atoms with Crippen LogP contribution in [0.3, 0.4) is 0 Å². The number of H-pyrrole nitrogens is 1. The summed E-state index contributed by atoms with van der Waals surface area (Å²) in [6.07, 6.45) is 5.26. The SMILES string of the molecule is C/C=C1\[C@H]2Cc3[nH]c(=O)ccc3[C@]1(N)CC(C)C2. The third-order valence-electron chi connectivity index (χ3n) is 4.56. The highest BCUT2D eigenvalue weighted by atomic mass is 16.1. The summed E-state index contributed by atoms with van der Waals surface area (Å²) in [7, 11) is 0. The lowest BCUT2D eigenvalue weighted by molar-refractivity contribution is 0.231. The summed E-state index contributed by atoms with van der Waals surface area (Å²) < 4.78 is 0. The lowest BCUT2D eigenvalue weighted by Crippen LogP contribution is -2.50. The van der Waals surface area contributed by atoms with Crippen molar-refractivity contribution in [2.24, 2.45) is 17.6 Å². The fraction of sp³-hybridized carbons (Fsp3) is 0.533. The molecule has 2 aliphatic rings. The molecule has 1 saturated carbocycles. The zero-order valence-corrected chi connectivity index (χ0v) is 11.0. The largest absolute Gasteiger partial charge is 0.326 e. The second kappa shape index (κ2) is 3.82. The van der Waals surface area contributed by atoms with E-state index in [0.717, 1.165) is 24.1 Å². The second-order valence-corrected chi connectivity index (χ2v) is 5.88. The predicted molar refractivity (Wildman–Crippen MR) is 72.3 cm³/mol. The van der Waals surface area contributed by atoms with Crippen molar-refractivity contribution in [3.05, 3.63) is 45.4 Å². The molecule has 1 aromatic heterocycles. The van der Waals surface area contributed by atoms with Crippen molar-refractivity contribution in [3.63, 3.8) is 0 Å². The topological polar surface area (TPSA) is 58.9 Å². The molecule has 0 aromatic carbocycles. The van der Waals surface area contributed by atoms with Gasteiger partial charge in [-0.05, 0) is 55.2 Å². The number of nitrogens with two attached hydrogens (primary N) is 1. The van der Waals surface area contributed by atoms with Crippen molar-refractivity contribution < 1.29 is 0 Å². The fourth-order valence-corrected chi connectivity index (χ4v) is 4.02. The Morgan fingerprint density at radius 3 is 3.00 bits per heavy atom. The molecule has 96 valence electrons. The molecule has 1 fully saturated rings. The van der Waals surface area contributed by atoms with Gasteiger partial charge < -0.3 is 10.7 Å². The zero-order chi connectivity index (χ0) is 12.9. The molecule has 3 rings (SSSR count). The summed E-state index contributed by atoms with van der Waals surface area (Å²) >= 11 is 0. The van der Waals surface area contributed by atoms with E-state index in [9.17, 15) is 4.79 Å². The highest BCUT2D eigenvalue weighted by Gasteiger charge is 2.46. The molecular formula is C15H20N2O. The first kappa shape index (κ1) is 11.7. The minimum Gasteiger partial charge on any atom is -0.326 e. The molecule has 0 saturated heterocycles. The van der Waals surface area contributed by atoms with Gasteiger partial charge in [0.25, 0.3) is 0 Å². The van der Waals surface area contributed by atoms with E-state index in [1.165, 1.54) is 12.0 Å². The van der Waals surface area contributed by atoms with E-state index in [1.807, 2.05) is 6.07 Å². The van der Waals surface area contributed by atoms with Gasteiger partial charge in [-0.3, -0.25) is 4.79 Å². The Balaban J connectivity index is 2.23. The minimum absolute atomic E-state index is 0.0209. The number of hydrogen-bond donors (Lipinski definition) is 2. The van der Waals surface area contributed by atoms with Crippen LogP contribution in [0.1, 0.15) is 37.9 Å². The van der Waals surface area contributed by atoms with Crippen LogP contribution in [-0.2, 0) is 12.0 Å². The molecule has 3 atom stereocenters. The van der Waals surface area contributed by atoms with Gasteiger partial charge in [-0.15, -0.1) is 0 Å². The number of nitrogens with one attached hydrogen (secondary N) is 1. The third-order valence-corrected chi connectivity index (χ3v) is 4.56. The number of hydrogen-bond acceptors (Lipinski definition) is 2. The molecular weight excluding hydrogens is 224 g/mol. The maximum Gasteiger partial charge on any atom is 0.248 e. The van der Waals surface area contributed by atoms with Crippen LogP contribution in [0.2, 0.25) is 0 Å². The van der Waals surface area contributed by atoms with Crippen molar-refractivity contribution in [2.75, 3.05) is 0 Å². The van der Waals surface area contributed by atoms with E-state index in [1.54, 1.807) is 6.07 Å². The molecule has 0 spiro atoms. The van der Waals surface area contributed by atoms with Crippen molar-refractivity contribution in [3.8, 4) is 0 Å². The molecule has 2 bridgehead atoms. The first-order valence-electron chi connectivity index (χ1n) is 6.73. The van der Waals surface area contributed by atoms with Crippen molar-refractivity contribution >= 4 is 0 Å². The Kier molecular flexibility index (Phi) is 2.49. The zero-order valence-electron chi connectivity index (χ0n) is 11.0. The maximum atomic E-state index is 11.5. The van der Waals surface area contributed by atoms with Crippen LogP contribution in [0.5, 0.6) is 0 Å². The smallest absolute Gasteiger partial charge is 0.248 e. The van der Waals surface area contributed by atoms with Gasteiger partial charge in [0.15, 0.2) is 0 Å². The van der Waals surface area contributed by atoms with Gasteiger partial charge in [-0.25, -0.2) is 0 Å². The quantitative estimate of drug-likeness (QED) is 0.686. The van der Waals surface area contributed by atoms with E-state index in [2.05, 4.69) is 24.9 Å². The first-order chi connectivity index (χ1) is 8.54. The molecule has 3 heteroatoms. The van der Waals surface area contributed by atoms with Crippen LogP contribution in [-0.4, -0.2) is 4.98 Å². The monoisotopic (exact) mass is 244 g/mol. The molecule has 0 aliphatic heterocycles. The fourth-order valence-electron chi connectivity index (χ4n) is 4.02. The Morgan fingerprint density at radius 1 is 1.50 bits per heavy atom. The van der Waals surface area contributed by atoms with Crippen LogP contribution >= 0.6 is 0 Å². The number of aromatic nitrogens is 1. The average molecular weight is 244 g/mol. The predicted octanol–water partition coefficient (Wildman–Crippen LogP) is 2.08. The summed E-state index contributed by atoms with van der Waals surface area (Å²) in [4.78, 5) is 14.4. The van der Waals surface area contributed by atoms with Gasteiger partial charge in [0.05, 0.1) is 5.54 Å². The van der Waals surface area contributed by atoms with Gasteiger partial charge in [0.1, 0.15) is 0 Å². The highest BCUT2D eigenvalue weighted by molar-refractivity contribution is 5.44. The third kappa shape index (κ3) is 1.50. The highest BCUT2D eigenvalue weighted by Crippen LogP contribution is 2.50. The van der Waals surface area contributed by atoms with Gasteiger partial charge in [-0.2, -0.15) is 0 Å². The van der Waals surface area contributed by atoms with Crippen molar-refractivity contribution in [1.82, 2.24) is 4.98 Å². The van der Waals surface area contributed by atoms with Gasteiger partial charge in [0.2, 0.25) is 5.56 Å². The van der Waals surface area contributed by atoms with Crippen molar-refractivity contribution in [2.45, 2.75) is 38.6 Å². The molecule has 3 N–H and O–H groups in total. The van der Waals surface area contributed by atoms with Crippen molar-refractivity contribution in [1.29, 1.82) is 0 Å². The Morgan fingerprint density at radius 2 is 2.28 bits per heavy atom. The molecule has 0 radical (unpaired) electrons. The molecule has 2 aliphatic carbocycles. The molecule has 1 unspecified atom stereocenters. The summed E-state index contributed by atoms with van der Waals surface area (Å²) in [5.74, 6) is 1.14. The molecule has 1 aromatic rings. The lowest BCUT2D eigenvalue weighted by Gasteiger charge is -2.48. The van der Waals surface area contributed by atoms with E-state index < -0.39 is 0 Å². The number of allylic oxidation sites excluding steroid dienone is 1. The van der Waals surface area contributed by atoms with E-state index in [0.29, 0.717) is 11.8 Å². The number of aromatic amines is 1. The molecule has 1 heterocycles. The van der Waals surface area contributed by atoms with Gasteiger partial charge in [-0.1, -0.05) is 13.0 Å². The van der Waals surface area contributed by atoms with Gasteiger partial charge >= 0.3 is 0 Å². The van der Waals surface area contributed by atoms with Crippen LogP contribution in [0.15, 0.2) is 28.6 Å². The number of rotatable bonds is 0. The Bertz CT molecular complexity index is 572. The number of fused-ring (bicyclic) bond motifs is 4. The minimum atomic E-state index is -0.366. The summed E-state index contributed by atoms with van der Waals surface area (Å²) in [5, 5.41) is 0. The molecule has 0 amide bonds. The molecule has 3 nitrogen and oxygen atoms in total. The van der Waals surface area contributed by atoms with Crippen LogP contribution < -0.4 is 11.3 Å². The van der Waals surface area contributed by atoms with Crippen LogP contribution in [0.25, 0.3) is 0 Å². The number of pyridine rings is 1.